The molecule has 0 aliphatic carbocycles. The van der Waals surface area contributed by atoms with Gasteiger partial charge < -0.3 is 9.80 Å². The van der Waals surface area contributed by atoms with Gasteiger partial charge in [-0.2, -0.15) is 0 Å². The van der Waals surface area contributed by atoms with Crippen LogP contribution < -0.4 is 9.80 Å². The lowest BCUT2D eigenvalue weighted by Gasteiger charge is -2.27. The standard InChI is InChI=1S/C43H34N2/c1-33-12-10-19-41(32-33)45(43-21-11-14-36-13-8-9-20-42(36)43)40-30-26-35(27-31-40)23-22-34-24-28-39(29-25-34)44(37-15-4-2-5-16-37)38-17-6-3-7-18-38/h2-32H,1H3. The lowest BCUT2D eigenvalue weighted by molar-refractivity contribution is 1.28. The topological polar surface area (TPSA) is 6.48 Å². The first-order valence-corrected chi connectivity index (χ1v) is 15.4. The van der Waals surface area contributed by atoms with Crippen LogP contribution in [0.1, 0.15) is 16.7 Å². The van der Waals surface area contributed by atoms with Gasteiger partial charge >= 0.3 is 0 Å². The second kappa shape index (κ2) is 12.8. The van der Waals surface area contributed by atoms with Gasteiger partial charge in [-0.3, -0.25) is 0 Å². The maximum atomic E-state index is 2.35. The summed E-state index contributed by atoms with van der Waals surface area (Å²) in [4.78, 5) is 4.63. The van der Waals surface area contributed by atoms with Crippen molar-refractivity contribution in [1.82, 2.24) is 0 Å². The number of rotatable bonds is 8. The molecule has 0 amide bonds. The van der Waals surface area contributed by atoms with Crippen LogP contribution in [-0.2, 0) is 0 Å². The van der Waals surface area contributed by atoms with E-state index in [2.05, 4.69) is 205 Å². The van der Waals surface area contributed by atoms with Crippen molar-refractivity contribution in [2.24, 2.45) is 0 Å². The molecule has 2 nitrogen and oxygen atoms in total. The van der Waals surface area contributed by atoms with Crippen LogP contribution >= 0.6 is 0 Å². The highest BCUT2D eigenvalue weighted by atomic mass is 15.1. The summed E-state index contributed by atoms with van der Waals surface area (Å²) in [6, 6.07) is 62.4. The van der Waals surface area contributed by atoms with Gasteiger partial charge in [0.25, 0.3) is 0 Å². The van der Waals surface area contributed by atoms with Crippen LogP contribution in [0.5, 0.6) is 0 Å². The third-order valence-corrected chi connectivity index (χ3v) is 8.07. The molecule has 7 rings (SSSR count). The van der Waals surface area contributed by atoms with E-state index in [-0.39, 0.29) is 0 Å². The van der Waals surface area contributed by atoms with E-state index in [4.69, 9.17) is 0 Å². The van der Waals surface area contributed by atoms with E-state index >= 15 is 0 Å². The largest absolute Gasteiger partial charge is 0.311 e. The summed E-state index contributed by atoms with van der Waals surface area (Å²) in [6.07, 6.45) is 4.36. The number of aryl methyl sites for hydroxylation is 1. The van der Waals surface area contributed by atoms with Gasteiger partial charge in [0, 0.05) is 33.8 Å². The molecule has 0 aliphatic heterocycles. The summed E-state index contributed by atoms with van der Waals surface area (Å²) < 4.78 is 0. The van der Waals surface area contributed by atoms with Crippen LogP contribution in [0.15, 0.2) is 176 Å². The van der Waals surface area contributed by atoms with Crippen LogP contribution in [0.2, 0.25) is 0 Å². The minimum absolute atomic E-state index is 1.12. The van der Waals surface area contributed by atoms with Crippen molar-refractivity contribution in [3.63, 3.8) is 0 Å². The average Bonchev–Trinajstić information content (AvgIpc) is 3.10. The predicted octanol–water partition coefficient (Wildman–Crippen LogP) is 12.3. The number of anilines is 6. The zero-order valence-corrected chi connectivity index (χ0v) is 25.3. The Balaban J connectivity index is 1.16. The monoisotopic (exact) mass is 578 g/mol. The molecule has 0 saturated carbocycles. The fourth-order valence-electron chi connectivity index (χ4n) is 5.86. The summed E-state index contributed by atoms with van der Waals surface area (Å²) in [5.74, 6) is 0. The summed E-state index contributed by atoms with van der Waals surface area (Å²) in [6.45, 7) is 2.14. The normalized spacial score (nSPS) is 11.1. The molecule has 0 heterocycles. The van der Waals surface area contributed by atoms with Gasteiger partial charge in [-0.1, -0.05) is 121 Å². The molecule has 216 valence electrons. The Kier molecular flexibility index (Phi) is 7.94. The fraction of sp³-hybridized carbons (Fsp3) is 0.0233. The maximum Gasteiger partial charge on any atom is 0.0540 e. The highest BCUT2D eigenvalue weighted by Gasteiger charge is 2.15. The van der Waals surface area contributed by atoms with Crippen molar-refractivity contribution in [3.05, 3.63) is 193 Å². The Hall–Kier alpha value is -5.86. The number of benzene rings is 7. The van der Waals surface area contributed by atoms with Gasteiger partial charge in [0.05, 0.1) is 5.69 Å². The van der Waals surface area contributed by atoms with Crippen molar-refractivity contribution in [1.29, 1.82) is 0 Å². The molecule has 7 aromatic rings. The van der Waals surface area contributed by atoms with E-state index in [0.29, 0.717) is 0 Å². The molecule has 7 aromatic carbocycles. The average molecular weight is 579 g/mol. The molecule has 0 aromatic heterocycles. The molecule has 0 bridgehead atoms. The van der Waals surface area contributed by atoms with E-state index in [1.165, 1.54) is 22.0 Å². The molecular weight excluding hydrogens is 544 g/mol. The molecule has 0 spiro atoms. The van der Waals surface area contributed by atoms with Crippen molar-refractivity contribution < 1.29 is 0 Å². The highest BCUT2D eigenvalue weighted by molar-refractivity contribution is 5.99. The predicted molar refractivity (Wildman–Crippen MR) is 193 cm³/mol. The van der Waals surface area contributed by atoms with E-state index in [1.807, 2.05) is 0 Å². The van der Waals surface area contributed by atoms with Gasteiger partial charge in [-0.15, -0.1) is 0 Å². The summed E-state index contributed by atoms with van der Waals surface area (Å²) >= 11 is 0. The highest BCUT2D eigenvalue weighted by Crippen LogP contribution is 2.39. The molecule has 2 heteroatoms. The van der Waals surface area contributed by atoms with E-state index < -0.39 is 0 Å². The van der Waals surface area contributed by atoms with E-state index in [1.54, 1.807) is 0 Å². The third-order valence-electron chi connectivity index (χ3n) is 8.07. The van der Waals surface area contributed by atoms with Crippen molar-refractivity contribution in [2.75, 3.05) is 9.80 Å². The van der Waals surface area contributed by atoms with Gasteiger partial charge in [-0.05, 0) is 95.7 Å². The molecule has 0 saturated heterocycles. The Morgan fingerprint density at radius 3 is 1.44 bits per heavy atom. The SMILES string of the molecule is Cc1cccc(N(c2ccc(C=Cc3ccc(N(c4ccccc4)c4ccccc4)cc3)cc2)c2cccc3ccccc23)c1. The number of hydrogen-bond acceptors (Lipinski definition) is 2. The lowest BCUT2D eigenvalue weighted by atomic mass is 10.1. The first-order valence-electron chi connectivity index (χ1n) is 15.4. The minimum atomic E-state index is 1.12. The lowest BCUT2D eigenvalue weighted by Crippen LogP contribution is -2.10. The molecular formula is C43H34N2. The number of fused-ring (bicyclic) bond motifs is 1. The Bertz CT molecular complexity index is 2000. The smallest absolute Gasteiger partial charge is 0.0540 e. The fourth-order valence-corrected chi connectivity index (χ4v) is 5.86. The van der Waals surface area contributed by atoms with Crippen molar-refractivity contribution in [2.45, 2.75) is 6.92 Å². The number of nitrogens with zero attached hydrogens (tertiary/aromatic N) is 2. The molecule has 0 unspecified atom stereocenters. The first kappa shape index (κ1) is 27.9. The Morgan fingerprint density at radius 1 is 0.378 bits per heavy atom. The van der Waals surface area contributed by atoms with Crippen LogP contribution in [0.25, 0.3) is 22.9 Å². The Morgan fingerprint density at radius 2 is 0.844 bits per heavy atom. The van der Waals surface area contributed by atoms with Gasteiger partial charge in [0.2, 0.25) is 0 Å². The number of hydrogen-bond donors (Lipinski definition) is 0. The molecule has 0 radical (unpaired) electrons. The van der Waals surface area contributed by atoms with Crippen LogP contribution in [0.4, 0.5) is 34.1 Å². The van der Waals surface area contributed by atoms with Crippen LogP contribution in [0, 0.1) is 6.92 Å². The van der Waals surface area contributed by atoms with Gasteiger partial charge in [0.15, 0.2) is 0 Å². The maximum absolute atomic E-state index is 2.35. The molecule has 0 N–H and O–H groups in total. The first-order chi connectivity index (χ1) is 22.2. The Labute approximate surface area is 265 Å². The summed E-state index contributed by atoms with van der Waals surface area (Å²) in [7, 11) is 0. The second-order valence-corrected chi connectivity index (χ2v) is 11.2. The van der Waals surface area contributed by atoms with Crippen molar-refractivity contribution in [3.8, 4) is 0 Å². The minimum Gasteiger partial charge on any atom is -0.311 e. The third kappa shape index (κ3) is 6.13. The van der Waals surface area contributed by atoms with E-state index in [9.17, 15) is 0 Å². The quantitative estimate of drug-likeness (QED) is 0.166. The summed E-state index contributed by atoms with van der Waals surface area (Å²) in [5.41, 5.74) is 10.4. The zero-order chi connectivity index (χ0) is 30.4. The van der Waals surface area contributed by atoms with Crippen molar-refractivity contribution >= 4 is 57.0 Å². The van der Waals surface area contributed by atoms with Gasteiger partial charge in [-0.25, -0.2) is 0 Å². The second-order valence-electron chi connectivity index (χ2n) is 11.2. The van der Waals surface area contributed by atoms with Crippen LogP contribution in [0.3, 0.4) is 0 Å². The number of para-hydroxylation sites is 2. The molecule has 0 aliphatic rings. The van der Waals surface area contributed by atoms with Crippen LogP contribution in [-0.4, -0.2) is 0 Å². The molecule has 0 atom stereocenters. The molecule has 45 heavy (non-hydrogen) atoms. The summed E-state index contributed by atoms with van der Waals surface area (Å²) in [5, 5.41) is 2.46. The van der Waals surface area contributed by atoms with Gasteiger partial charge in [0.1, 0.15) is 0 Å². The van der Waals surface area contributed by atoms with E-state index in [0.717, 1.165) is 39.6 Å². The zero-order valence-electron chi connectivity index (χ0n) is 25.3. The molecule has 0 fully saturated rings.